The Hall–Kier alpha value is -1.80. The highest BCUT2D eigenvalue weighted by molar-refractivity contribution is 5.57. The summed E-state index contributed by atoms with van der Waals surface area (Å²) < 4.78 is 0. The average molecular weight is 243 g/mol. The van der Waals surface area contributed by atoms with Gasteiger partial charge in [0.05, 0.1) is 17.4 Å². The van der Waals surface area contributed by atoms with Gasteiger partial charge in [0.1, 0.15) is 11.9 Å². The molecule has 1 aromatic heterocycles. The first-order valence-electron chi connectivity index (χ1n) is 6.42. The molecule has 1 aromatic rings. The lowest BCUT2D eigenvalue weighted by atomic mass is 10.2. The van der Waals surface area contributed by atoms with Crippen LogP contribution in [0.2, 0.25) is 0 Å². The highest BCUT2D eigenvalue weighted by Gasteiger charge is 2.34. The van der Waals surface area contributed by atoms with E-state index in [2.05, 4.69) is 21.3 Å². The van der Waals surface area contributed by atoms with Gasteiger partial charge in [0.2, 0.25) is 0 Å². The fraction of sp³-hybridized carbons (Fsp3) is 0.538. The Morgan fingerprint density at radius 2 is 2.28 bits per heavy atom. The molecule has 2 aliphatic rings. The summed E-state index contributed by atoms with van der Waals surface area (Å²) >= 11 is 0. The SMILES string of the molecule is N#Cc1cc(N)cnc1NC1CCN(C2CC2)C1. The molecule has 1 aliphatic heterocycles. The van der Waals surface area contributed by atoms with Crippen LogP contribution in [0.1, 0.15) is 24.8 Å². The Labute approximate surface area is 107 Å². The Kier molecular flexibility index (Phi) is 2.80. The van der Waals surface area contributed by atoms with Gasteiger partial charge >= 0.3 is 0 Å². The number of rotatable bonds is 3. The van der Waals surface area contributed by atoms with Crippen molar-refractivity contribution in [2.24, 2.45) is 0 Å². The molecule has 1 unspecified atom stereocenters. The predicted octanol–water partition coefficient (Wildman–Crippen LogP) is 1.18. The number of nitrogens with zero attached hydrogens (tertiary/aromatic N) is 3. The lowest BCUT2D eigenvalue weighted by Gasteiger charge is -2.16. The smallest absolute Gasteiger partial charge is 0.144 e. The number of likely N-dealkylation sites (tertiary alicyclic amines) is 1. The van der Waals surface area contributed by atoms with Crippen molar-refractivity contribution in [3.8, 4) is 6.07 Å². The molecule has 18 heavy (non-hydrogen) atoms. The maximum absolute atomic E-state index is 9.07. The molecule has 3 N–H and O–H groups in total. The average Bonchev–Trinajstić information content (AvgIpc) is 3.12. The third kappa shape index (κ3) is 2.24. The minimum Gasteiger partial charge on any atom is -0.397 e. The van der Waals surface area contributed by atoms with Gasteiger partial charge in [0, 0.05) is 25.2 Å². The number of anilines is 2. The van der Waals surface area contributed by atoms with Gasteiger partial charge in [-0.3, -0.25) is 4.90 Å². The van der Waals surface area contributed by atoms with Crippen molar-refractivity contribution in [3.63, 3.8) is 0 Å². The van der Waals surface area contributed by atoms with Crippen molar-refractivity contribution >= 4 is 11.5 Å². The van der Waals surface area contributed by atoms with E-state index >= 15 is 0 Å². The van der Waals surface area contributed by atoms with Crippen LogP contribution in [0, 0.1) is 11.3 Å². The number of hydrogen-bond donors (Lipinski definition) is 2. The molecule has 5 heteroatoms. The number of pyridine rings is 1. The van der Waals surface area contributed by atoms with E-state index in [0.29, 0.717) is 23.1 Å². The number of nitriles is 1. The maximum Gasteiger partial charge on any atom is 0.144 e. The molecular weight excluding hydrogens is 226 g/mol. The van der Waals surface area contributed by atoms with E-state index in [-0.39, 0.29) is 0 Å². The molecule has 2 fully saturated rings. The van der Waals surface area contributed by atoms with Crippen LogP contribution in [-0.2, 0) is 0 Å². The quantitative estimate of drug-likeness (QED) is 0.833. The summed E-state index contributed by atoms with van der Waals surface area (Å²) in [5.41, 5.74) is 6.69. The lowest BCUT2D eigenvalue weighted by molar-refractivity contribution is 0.326. The third-order valence-corrected chi connectivity index (χ3v) is 3.65. The molecule has 0 spiro atoms. The van der Waals surface area contributed by atoms with E-state index in [1.54, 1.807) is 12.3 Å². The molecule has 2 heterocycles. The van der Waals surface area contributed by atoms with Crippen LogP contribution in [0.3, 0.4) is 0 Å². The number of nitrogens with one attached hydrogen (secondary N) is 1. The molecule has 0 aromatic carbocycles. The van der Waals surface area contributed by atoms with Gasteiger partial charge in [-0.15, -0.1) is 0 Å². The molecule has 3 rings (SSSR count). The zero-order chi connectivity index (χ0) is 12.5. The van der Waals surface area contributed by atoms with Gasteiger partial charge in [0.25, 0.3) is 0 Å². The molecule has 1 aliphatic carbocycles. The molecule has 94 valence electrons. The van der Waals surface area contributed by atoms with E-state index in [4.69, 9.17) is 11.0 Å². The second-order valence-corrected chi connectivity index (χ2v) is 5.13. The largest absolute Gasteiger partial charge is 0.397 e. The molecule has 0 radical (unpaired) electrons. The summed E-state index contributed by atoms with van der Waals surface area (Å²) in [6.07, 6.45) is 5.40. The standard InChI is InChI=1S/C13H17N5/c14-6-9-5-10(15)7-16-13(9)17-11-3-4-18(8-11)12-1-2-12/h5,7,11-12H,1-4,8,15H2,(H,16,17). The van der Waals surface area contributed by atoms with Gasteiger partial charge in [-0.05, 0) is 25.3 Å². The second-order valence-electron chi connectivity index (χ2n) is 5.13. The van der Waals surface area contributed by atoms with Crippen molar-refractivity contribution in [2.45, 2.75) is 31.3 Å². The van der Waals surface area contributed by atoms with E-state index in [1.165, 1.54) is 12.8 Å². The highest BCUT2D eigenvalue weighted by Crippen LogP contribution is 2.30. The third-order valence-electron chi connectivity index (χ3n) is 3.65. The molecule has 1 saturated carbocycles. The Balaban J connectivity index is 1.67. The summed E-state index contributed by atoms with van der Waals surface area (Å²) in [6.45, 7) is 2.21. The lowest BCUT2D eigenvalue weighted by Crippen LogP contribution is -2.28. The van der Waals surface area contributed by atoms with Gasteiger partial charge in [-0.25, -0.2) is 4.98 Å². The van der Waals surface area contributed by atoms with Gasteiger partial charge in [-0.1, -0.05) is 0 Å². The monoisotopic (exact) mass is 243 g/mol. The maximum atomic E-state index is 9.07. The number of nitrogens with two attached hydrogens (primary N) is 1. The van der Waals surface area contributed by atoms with E-state index in [9.17, 15) is 0 Å². The predicted molar refractivity (Wildman–Crippen MR) is 70.0 cm³/mol. The summed E-state index contributed by atoms with van der Waals surface area (Å²) in [4.78, 5) is 6.75. The van der Waals surface area contributed by atoms with Gasteiger partial charge in [0.15, 0.2) is 0 Å². The van der Waals surface area contributed by atoms with Gasteiger partial charge in [-0.2, -0.15) is 5.26 Å². The summed E-state index contributed by atoms with van der Waals surface area (Å²) in [6, 6.07) is 5.02. The first kappa shape index (κ1) is 11.3. The minimum atomic E-state index is 0.397. The molecular formula is C13H17N5. The van der Waals surface area contributed by atoms with Crippen molar-refractivity contribution < 1.29 is 0 Å². The first-order valence-corrected chi connectivity index (χ1v) is 6.42. The van der Waals surface area contributed by atoms with Crippen molar-refractivity contribution in [2.75, 3.05) is 24.1 Å². The number of aromatic nitrogens is 1. The Morgan fingerprint density at radius 1 is 1.44 bits per heavy atom. The normalized spacial score (nSPS) is 23.8. The fourth-order valence-corrected chi connectivity index (χ4v) is 2.55. The van der Waals surface area contributed by atoms with Crippen LogP contribution in [0.5, 0.6) is 0 Å². The summed E-state index contributed by atoms with van der Waals surface area (Å²) in [5.74, 6) is 0.661. The van der Waals surface area contributed by atoms with Crippen LogP contribution in [0.15, 0.2) is 12.3 Å². The van der Waals surface area contributed by atoms with E-state index in [1.807, 2.05) is 0 Å². The zero-order valence-electron chi connectivity index (χ0n) is 10.3. The number of nitrogen functional groups attached to an aromatic ring is 1. The molecule has 0 amide bonds. The van der Waals surface area contributed by atoms with Crippen molar-refractivity contribution in [1.29, 1.82) is 5.26 Å². The van der Waals surface area contributed by atoms with Crippen LogP contribution in [0.4, 0.5) is 11.5 Å². The van der Waals surface area contributed by atoms with E-state index < -0.39 is 0 Å². The summed E-state index contributed by atoms with van der Waals surface area (Å²) in [5, 5.41) is 12.4. The molecule has 0 bridgehead atoms. The fourth-order valence-electron chi connectivity index (χ4n) is 2.55. The van der Waals surface area contributed by atoms with Crippen LogP contribution < -0.4 is 11.1 Å². The summed E-state index contributed by atoms with van der Waals surface area (Å²) in [7, 11) is 0. The molecule has 5 nitrogen and oxygen atoms in total. The van der Waals surface area contributed by atoms with Crippen LogP contribution >= 0.6 is 0 Å². The van der Waals surface area contributed by atoms with Crippen LogP contribution in [0.25, 0.3) is 0 Å². The minimum absolute atomic E-state index is 0.397. The highest BCUT2D eigenvalue weighted by atomic mass is 15.2. The topological polar surface area (TPSA) is 78.0 Å². The Bertz CT molecular complexity index is 489. The van der Waals surface area contributed by atoms with E-state index in [0.717, 1.165) is 25.6 Å². The zero-order valence-corrected chi connectivity index (χ0v) is 10.3. The first-order chi connectivity index (χ1) is 8.76. The molecule has 1 saturated heterocycles. The number of hydrogen-bond acceptors (Lipinski definition) is 5. The van der Waals surface area contributed by atoms with Crippen molar-refractivity contribution in [3.05, 3.63) is 17.8 Å². The van der Waals surface area contributed by atoms with Crippen molar-refractivity contribution in [1.82, 2.24) is 9.88 Å². The second kappa shape index (κ2) is 4.46. The van der Waals surface area contributed by atoms with Crippen LogP contribution in [-0.4, -0.2) is 35.1 Å². The molecule has 1 atom stereocenters. The van der Waals surface area contributed by atoms with Gasteiger partial charge < -0.3 is 11.1 Å². The Morgan fingerprint density at radius 3 is 3.00 bits per heavy atom.